The summed E-state index contributed by atoms with van der Waals surface area (Å²) >= 11 is 3.25. The van der Waals surface area contributed by atoms with E-state index >= 15 is 0 Å². The van der Waals surface area contributed by atoms with Gasteiger partial charge in [0.25, 0.3) is 5.56 Å². The first-order chi connectivity index (χ1) is 8.15. The molecule has 1 N–H and O–H groups in total. The molecule has 92 valence electrons. The Morgan fingerprint density at radius 2 is 2.06 bits per heavy atom. The molecule has 4 heterocycles. The summed E-state index contributed by atoms with van der Waals surface area (Å²) in [5.41, 5.74) is 0.687. The third-order valence-electron chi connectivity index (χ3n) is 3.64. The lowest BCUT2D eigenvalue weighted by Crippen LogP contribution is -2.57. The Balaban J connectivity index is 1.97. The van der Waals surface area contributed by atoms with Gasteiger partial charge in [-0.15, -0.1) is 0 Å². The van der Waals surface area contributed by atoms with Gasteiger partial charge in [-0.05, 0) is 22.9 Å². The van der Waals surface area contributed by atoms with Crippen LogP contribution in [0.25, 0.3) is 0 Å². The van der Waals surface area contributed by atoms with Gasteiger partial charge in [-0.1, -0.05) is 0 Å². The van der Waals surface area contributed by atoms with Crippen molar-refractivity contribution in [3.05, 3.63) is 26.3 Å². The van der Waals surface area contributed by atoms with Crippen LogP contribution in [0.2, 0.25) is 0 Å². The molecule has 1 aromatic heterocycles. The summed E-state index contributed by atoms with van der Waals surface area (Å²) in [5.74, 6) is 0.806. The highest BCUT2D eigenvalue weighted by Crippen LogP contribution is 2.26. The average Bonchev–Trinajstić information content (AvgIpc) is 2.36. The number of piperazine rings is 3. The van der Waals surface area contributed by atoms with Gasteiger partial charge in [0.05, 0.1) is 11.7 Å². The van der Waals surface area contributed by atoms with Crippen molar-refractivity contribution in [3.63, 3.8) is 0 Å². The molecule has 17 heavy (non-hydrogen) atoms. The average molecular weight is 299 g/mol. The van der Waals surface area contributed by atoms with Crippen molar-refractivity contribution in [2.75, 3.05) is 32.7 Å². The van der Waals surface area contributed by atoms with Gasteiger partial charge in [-0.25, -0.2) is 4.98 Å². The molecular formula is C11H15BrN4O. The Kier molecular flexibility index (Phi) is 2.80. The fourth-order valence-corrected chi connectivity index (χ4v) is 2.82. The van der Waals surface area contributed by atoms with Crippen molar-refractivity contribution in [1.29, 1.82) is 0 Å². The van der Waals surface area contributed by atoms with E-state index in [1.807, 2.05) is 6.92 Å². The fraction of sp³-hybridized carbons (Fsp3) is 0.636. The smallest absolute Gasteiger partial charge is 0.265 e. The number of nitrogens with one attached hydrogen (secondary N) is 1. The first-order valence-corrected chi connectivity index (χ1v) is 6.67. The normalized spacial score (nSPS) is 31.8. The van der Waals surface area contributed by atoms with Crippen LogP contribution in [-0.2, 0) is 0 Å². The van der Waals surface area contributed by atoms with E-state index in [-0.39, 0.29) is 11.6 Å². The van der Waals surface area contributed by atoms with Crippen LogP contribution in [0.15, 0.2) is 9.27 Å². The highest BCUT2D eigenvalue weighted by molar-refractivity contribution is 9.10. The maximum absolute atomic E-state index is 11.7. The van der Waals surface area contributed by atoms with Crippen LogP contribution in [0, 0.1) is 6.92 Å². The van der Waals surface area contributed by atoms with Gasteiger partial charge >= 0.3 is 0 Å². The first kappa shape index (κ1) is 11.4. The minimum atomic E-state index is -0.0786. The molecule has 6 heteroatoms. The topological polar surface area (TPSA) is 52.2 Å². The van der Waals surface area contributed by atoms with E-state index in [9.17, 15) is 4.79 Å². The number of nitrogens with zero attached hydrogens (tertiary/aromatic N) is 3. The second-order valence-electron chi connectivity index (χ2n) is 4.70. The number of aromatic amines is 1. The number of hydrogen-bond donors (Lipinski definition) is 1. The van der Waals surface area contributed by atoms with Crippen LogP contribution in [0.4, 0.5) is 0 Å². The van der Waals surface area contributed by atoms with Crippen molar-refractivity contribution in [2.45, 2.75) is 13.0 Å². The predicted octanol–water partition coefficient (Wildman–Crippen LogP) is 0.513. The van der Waals surface area contributed by atoms with Gasteiger partial charge in [0.2, 0.25) is 0 Å². The molecule has 0 aromatic carbocycles. The zero-order chi connectivity index (χ0) is 12.0. The minimum Gasteiger partial charge on any atom is -0.308 e. The highest BCUT2D eigenvalue weighted by atomic mass is 79.9. The summed E-state index contributed by atoms with van der Waals surface area (Å²) in [6.45, 7) is 7.25. The van der Waals surface area contributed by atoms with Gasteiger partial charge in [0.15, 0.2) is 0 Å². The van der Waals surface area contributed by atoms with Gasteiger partial charge in [-0.3, -0.25) is 14.6 Å². The van der Waals surface area contributed by atoms with Crippen molar-refractivity contribution in [3.8, 4) is 0 Å². The highest BCUT2D eigenvalue weighted by Gasteiger charge is 2.34. The monoisotopic (exact) mass is 298 g/mol. The number of aromatic nitrogens is 2. The molecule has 1 unspecified atom stereocenters. The summed E-state index contributed by atoms with van der Waals surface area (Å²) in [6.07, 6.45) is 0. The number of rotatable bonds is 1. The molecule has 0 saturated carbocycles. The third-order valence-corrected chi connectivity index (χ3v) is 4.58. The quantitative estimate of drug-likeness (QED) is 0.821. The molecule has 5 nitrogen and oxygen atoms in total. The van der Waals surface area contributed by atoms with Crippen molar-refractivity contribution >= 4 is 15.9 Å². The maximum atomic E-state index is 11.7. The van der Waals surface area contributed by atoms with Crippen molar-refractivity contribution in [2.24, 2.45) is 0 Å². The van der Waals surface area contributed by atoms with E-state index in [0.29, 0.717) is 4.47 Å². The minimum absolute atomic E-state index is 0.0786. The molecule has 0 spiro atoms. The van der Waals surface area contributed by atoms with Gasteiger partial charge in [-0.2, -0.15) is 0 Å². The van der Waals surface area contributed by atoms with Crippen LogP contribution in [0.5, 0.6) is 0 Å². The van der Waals surface area contributed by atoms with Gasteiger partial charge in [0, 0.05) is 32.7 Å². The third kappa shape index (κ3) is 1.94. The zero-order valence-corrected chi connectivity index (χ0v) is 11.3. The zero-order valence-electron chi connectivity index (χ0n) is 9.74. The molecule has 1 aromatic rings. The lowest BCUT2D eigenvalue weighted by Gasteiger charge is -2.46. The molecule has 1 atom stereocenters. The Morgan fingerprint density at radius 1 is 1.35 bits per heavy atom. The Hall–Kier alpha value is -0.720. The maximum Gasteiger partial charge on any atom is 0.265 e. The summed E-state index contributed by atoms with van der Waals surface area (Å²) in [4.78, 5) is 24.0. The summed E-state index contributed by atoms with van der Waals surface area (Å²) < 4.78 is 0.539. The molecule has 0 radical (unpaired) electrons. The van der Waals surface area contributed by atoms with Crippen molar-refractivity contribution < 1.29 is 0 Å². The van der Waals surface area contributed by atoms with Gasteiger partial charge < -0.3 is 4.98 Å². The largest absolute Gasteiger partial charge is 0.308 e. The van der Waals surface area contributed by atoms with Crippen LogP contribution < -0.4 is 5.56 Å². The second kappa shape index (κ2) is 4.19. The first-order valence-electron chi connectivity index (χ1n) is 5.88. The van der Waals surface area contributed by atoms with E-state index in [2.05, 4.69) is 35.7 Å². The number of halogens is 1. The van der Waals surface area contributed by atoms with E-state index in [0.717, 1.165) is 44.2 Å². The number of fused-ring (bicyclic) bond motifs is 3. The van der Waals surface area contributed by atoms with E-state index in [4.69, 9.17) is 0 Å². The molecule has 0 aliphatic carbocycles. The lowest BCUT2D eigenvalue weighted by atomic mass is 10.1. The molecule has 3 saturated heterocycles. The number of H-pyrrole nitrogens is 1. The molecule has 3 aliphatic rings. The number of aryl methyl sites for hydroxylation is 1. The van der Waals surface area contributed by atoms with Crippen LogP contribution >= 0.6 is 15.9 Å². The standard InChI is InChI=1S/C11H15BrN4O/c1-7-9(12)11(17)14-10(13-7)8-6-15-2-4-16(8)5-3-15/h8H,2-6H2,1H3,(H,13,14,17). The summed E-state index contributed by atoms with van der Waals surface area (Å²) in [5, 5.41) is 0. The molecule has 3 fully saturated rings. The molecule has 3 aliphatic heterocycles. The molecular weight excluding hydrogens is 284 g/mol. The fourth-order valence-electron chi connectivity index (χ4n) is 2.63. The summed E-state index contributed by atoms with van der Waals surface area (Å²) in [6, 6.07) is 0.247. The summed E-state index contributed by atoms with van der Waals surface area (Å²) in [7, 11) is 0. The van der Waals surface area contributed by atoms with Crippen LogP contribution in [-0.4, -0.2) is 52.5 Å². The van der Waals surface area contributed by atoms with Crippen LogP contribution in [0.1, 0.15) is 17.6 Å². The Morgan fingerprint density at radius 3 is 2.59 bits per heavy atom. The van der Waals surface area contributed by atoms with E-state index in [1.165, 1.54) is 0 Å². The Labute approximate surface area is 108 Å². The second-order valence-corrected chi connectivity index (χ2v) is 5.50. The lowest BCUT2D eigenvalue weighted by molar-refractivity contribution is 0.00846. The van der Waals surface area contributed by atoms with Crippen molar-refractivity contribution in [1.82, 2.24) is 19.8 Å². The Bertz CT molecular complexity index is 493. The SMILES string of the molecule is Cc1nc(C2CN3CCN2CC3)[nH]c(=O)c1Br. The predicted molar refractivity (Wildman–Crippen MR) is 68.0 cm³/mol. The van der Waals surface area contributed by atoms with E-state index in [1.54, 1.807) is 0 Å². The molecule has 2 bridgehead atoms. The molecule has 4 rings (SSSR count). The molecule has 0 amide bonds. The van der Waals surface area contributed by atoms with Gasteiger partial charge in [0.1, 0.15) is 10.3 Å². The van der Waals surface area contributed by atoms with Crippen LogP contribution in [0.3, 0.4) is 0 Å². The van der Waals surface area contributed by atoms with E-state index < -0.39 is 0 Å². The number of hydrogen-bond acceptors (Lipinski definition) is 4.